The highest BCUT2D eigenvalue weighted by Gasteiger charge is 2.34. The molecule has 0 bridgehead atoms. The van der Waals surface area contributed by atoms with Gasteiger partial charge in [-0.2, -0.15) is 0 Å². The van der Waals surface area contributed by atoms with Gasteiger partial charge in [-0.15, -0.1) is 5.06 Å². The number of halogens is 1. The third-order valence-corrected chi connectivity index (χ3v) is 2.12. The van der Waals surface area contributed by atoms with E-state index in [1.165, 1.54) is 5.06 Å². The number of amides is 1. The summed E-state index contributed by atoms with van der Waals surface area (Å²) in [7, 11) is 0. The molecule has 0 saturated carbocycles. The van der Waals surface area contributed by atoms with Gasteiger partial charge in [0.1, 0.15) is 5.67 Å². The van der Waals surface area contributed by atoms with E-state index in [9.17, 15) is 9.18 Å². The number of nitrogens with two attached hydrogens (primary N) is 1. The fraction of sp³-hybridized carbons (Fsp3) is 0.857. The first-order chi connectivity index (χ1) is 6.06. The highest BCUT2D eigenvalue weighted by atomic mass is 19.1. The number of carbonyl (C=O) groups is 1. The number of hydroxylamine groups is 2. The van der Waals surface area contributed by atoms with Crippen molar-refractivity contribution in [3.05, 3.63) is 0 Å². The molecule has 0 atom stereocenters. The molecule has 0 unspecified atom stereocenters. The fourth-order valence-electron chi connectivity index (χ4n) is 1.26. The van der Waals surface area contributed by atoms with Gasteiger partial charge in [0.2, 0.25) is 0 Å². The van der Waals surface area contributed by atoms with Crippen LogP contribution in [0.15, 0.2) is 0 Å². The van der Waals surface area contributed by atoms with Crippen LogP contribution in [-0.2, 0) is 4.84 Å². The summed E-state index contributed by atoms with van der Waals surface area (Å²) in [6.45, 7) is 0.0391. The lowest BCUT2D eigenvalue weighted by Gasteiger charge is -2.33. The van der Waals surface area contributed by atoms with Crippen LogP contribution >= 0.6 is 0 Å². The summed E-state index contributed by atoms with van der Waals surface area (Å²) >= 11 is 0. The van der Waals surface area contributed by atoms with Crippen molar-refractivity contribution in [3.8, 4) is 0 Å². The van der Waals surface area contributed by atoms with Crippen LogP contribution in [0, 0.1) is 0 Å². The van der Waals surface area contributed by atoms with Crippen LogP contribution in [0.1, 0.15) is 12.8 Å². The van der Waals surface area contributed by atoms with E-state index in [0.29, 0.717) is 0 Å². The standard InChI is InChI=1S/C7H13FN2O3/c8-7(5-11)1-3-10(4-2-7)13-6(9)12/h11H,1-5H2,(H2,9,12). The first kappa shape index (κ1) is 10.2. The van der Waals surface area contributed by atoms with Crippen LogP contribution in [0.2, 0.25) is 0 Å². The number of aliphatic hydroxyl groups excluding tert-OH is 1. The van der Waals surface area contributed by atoms with E-state index in [0.717, 1.165) is 0 Å². The lowest BCUT2D eigenvalue weighted by Crippen LogP contribution is -2.45. The zero-order valence-electron chi connectivity index (χ0n) is 7.20. The summed E-state index contributed by atoms with van der Waals surface area (Å²) in [6, 6.07) is 0. The Hall–Kier alpha value is -0.880. The molecule has 1 rings (SSSR count). The predicted octanol–water partition coefficient (Wildman–Crippen LogP) is -0.207. The number of hydrogen-bond donors (Lipinski definition) is 2. The molecule has 0 spiro atoms. The molecule has 1 saturated heterocycles. The van der Waals surface area contributed by atoms with Gasteiger partial charge in [-0.1, -0.05) is 0 Å². The van der Waals surface area contributed by atoms with Gasteiger partial charge in [-0.05, 0) is 12.8 Å². The molecular weight excluding hydrogens is 179 g/mol. The zero-order chi connectivity index (χ0) is 9.90. The minimum Gasteiger partial charge on any atom is -0.393 e. The summed E-state index contributed by atoms with van der Waals surface area (Å²) < 4.78 is 13.4. The monoisotopic (exact) mass is 192 g/mol. The van der Waals surface area contributed by atoms with Gasteiger partial charge in [0.05, 0.1) is 6.61 Å². The quantitative estimate of drug-likeness (QED) is 0.635. The number of rotatable bonds is 2. The maximum Gasteiger partial charge on any atom is 0.423 e. The summed E-state index contributed by atoms with van der Waals surface area (Å²) in [6.07, 6.45) is -0.594. The molecule has 5 nitrogen and oxygen atoms in total. The van der Waals surface area contributed by atoms with E-state index in [4.69, 9.17) is 10.8 Å². The van der Waals surface area contributed by atoms with Crippen LogP contribution in [0.3, 0.4) is 0 Å². The highest BCUT2D eigenvalue weighted by Crippen LogP contribution is 2.25. The van der Waals surface area contributed by atoms with Crippen LogP contribution in [0.4, 0.5) is 9.18 Å². The third-order valence-electron chi connectivity index (χ3n) is 2.12. The number of piperidine rings is 1. The molecule has 1 amide bonds. The maximum atomic E-state index is 13.4. The van der Waals surface area contributed by atoms with Crippen LogP contribution in [0.5, 0.6) is 0 Å². The Bertz CT molecular complexity index is 192. The van der Waals surface area contributed by atoms with Crippen LogP contribution in [0.25, 0.3) is 0 Å². The molecule has 76 valence electrons. The molecule has 0 radical (unpaired) electrons. The number of primary amides is 1. The van der Waals surface area contributed by atoms with Crippen molar-refractivity contribution in [2.45, 2.75) is 18.5 Å². The van der Waals surface area contributed by atoms with Crippen molar-refractivity contribution in [2.75, 3.05) is 19.7 Å². The van der Waals surface area contributed by atoms with Gasteiger partial charge in [-0.3, -0.25) is 0 Å². The Morgan fingerprint density at radius 1 is 1.62 bits per heavy atom. The van der Waals surface area contributed by atoms with Gasteiger partial charge >= 0.3 is 6.09 Å². The largest absolute Gasteiger partial charge is 0.423 e. The summed E-state index contributed by atoms with van der Waals surface area (Å²) in [5.74, 6) is 0. The van der Waals surface area contributed by atoms with Crippen molar-refractivity contribution < 1.29 is 19.1 Å². The fourth-order valence-corrected chi connectivity index (χ4v) is 1.26. The second-order valence-electron chi connectivity index (χ2n) is 3.15. The Morgan fingerprint density at radius 2 is 2.15 bits per heavy atom. The van der Waals surface area contributed by atoms with E-state index < -0.39 is 18.4 Å². The van der Waals surface area contributed by atoms with Gasteiger partial charge < -0.3 is 15.7 Å². The minimum atomic E-state index is -1.53. The van der Waals surface area contributed by atoms with Gasteiger partial charge in [0.15, 0.2) is 0 Å². The number of aliphatic hydroxyl groups is 1. The third kappa shape index (κ3) is 2.82. The second kappa shape index (κ2) is 3.89. The van der Waals surface area contributed by atoms with E-state index >= 15 is 0 Å². The van der Waals surface area contributed by atoms with Crippen molar-refractivity contribution in [2.24, 2.45) is 5.73 Å². The van der Waals surface area contributed by atoms with Crippen molar-refractivity contribution >= 4 is 6.09 Å². The van der Waals surface area contributed by atoms with Crippen LogP contribution in [-0.4, -0.2) is 41.6 Å². The topological polar surface area (TPSA) is 75.8 Å². The van der Waals surface area contributed by atoms with E-state index in [2.05, 4.69) is 4.84 Å². The Morgan fingerprint density at radius 3 is 2.54 bits per heavy atom. The van der Waals surface area contributed by atoms with Crippen molar-refractivity contribution in [1.82, 2.24) is 5.06 Å². The molecule has 0 aromatic carbocycles. The van der Waals surface area contributed by atoms with Gasteiger partial charge in [0.25, 0.3) is 0 Å². The van der Waals surface area contributed by atoms with Gasteiger partial charge in [-0.25, -0.2) is 9.18 Å². The number of nitrogens with zero attached hydrogens (tertiary/aromatic N) is 1. The normalized spacial score (nSPS) is 22.6. The summed E-state index contributed by atoms with van der Waals surface area (Å²) in [5.41, 5.74) is 3.25. The SMILES string of the molecule is NC(=O)ON1CCC(F)(CO)CC1. The Balaban J connectivity index is 2.34. The Kier molecular flexibility index (Phi) is 3.05. The molecular formula is C7H13FN2O3. The number of carbonyl (C=O) groups excluding carboxylic acids is 1. The van der Waals surface area contributed by atoms with E-state index in [1.54, 1.807) is 0 Å². The molecule has 1 fully saturated rings. The highest BCUT2D eigenvalue weighted by molar-refractivity contribution is 5.64. The van der Waals surface area contributed by atoms with E-state index in [1.807, 2.05) is 0 Å². The molecule has 13 heavy (non-hydrogen) atoms. The summed E-state index contributed by atoms with van der Waals surface area (Å²) in [4.78, 5) is 14.9. The first-order valence-electron chi connectivity index (χ1n) is 4.08. The average Bonchev–Trinajstić information content (AvgIpc) is 2.09. The van der Waals surface area contributed by atoms with Gasteiger partial charge in [0, 0.05) is 13.1 Å². The number of alkyl halides is 1. The molecule has 0 aromatic rings. The predicted molar refractivity (Wildman–Crippen MR) is 42.4 cm³/mol. The van der Waals surface area contributed by atoms with Crippen molar-refractivity contribution in [1.29, 1.82) is 0 Å². The zero-order valence-corrected chi connectivity index (χ0v) is 7.20. The lowest BCUT2D eigenvalue weighted by molar-refractivity contribution is -0.137. The molecule has 1 heterocycles. The first-order valence-corrected chi connectivity index (χ1v) is 4.08. The molecule has 1 aliphatic rings. The second-order valence-corrected chi connectivity index (χ2v) is 3.15. The summed E-state index contributed by atoms with van der Waals surface area (Å²) in [5, 5.41) is 9.99. The smallest absolute Gasteiger partial charge is 0.393 e. The Labute approximate surface area is 75.2 Å². The van der Waals surface area contributed by atoms with Crippen LogP contribution < -0.4 is 5.73 Å². The molecule has 0 aromatic heterocycles. The molecule has 3 N–H and O–H groups in total. The van der Waals surface area contributed by atoms with Crippen molar-refractivity contribution in [3.63, 3.8) is 0 Å². The minimum absolute atomic E-state index is 0.150. The lowest BCUT2D eigenvalue weighted by atomic mass is 9.95. The molecule has 0 aliphatic carbocycles. The maximum absolute atomic E-state index is 13.4. The average molecular weight is 192 g/mol. The number of hydrogen-bond acceptors (Lipinski definition) is 4. The van der Waals surface area contributed by atoms with E-state index in [-0.39, 0.29) is 25.9 Å². The molecule has 6 heteroatoms. The molecule has 1 aliphatic heterocycles.